The van der Waals surface area contributed by atoms with Gasteiger partial charge in [-0.25, -0.2) is 12.8 Å². The highest BCUT2D eigenvalue weighted by Gasteiger charge is 2.31. The summed E-state index contributed by atoms with van der Waals surface area (Å²) in [6.45, 7) is 5.15. The van der Waals surface area contributed by atoms with E-state index in [1.54, 1.807) is 31.2 Å². The van der Waals surface area contributed by atoms with Gasteiger partial charge in [-0.15, -0.1) is 0 Å². The minimum atomic E-state index is -4.00. The van der Waals surface area contributed by atoms with Gasteiger partial charge in [0.25, 0.3) is 0 Å². The molecule has 2 aromatic rings. The molecule has 0 aliphatic carbocycles. The number of nitrogens with zero attached hydrogens (tertiary/aromatic N) is 2. The summed E-state index contributed by atoms with van der Waals surface area (Å²) in [5.41, 5.74) is 0.343. The summed E-state index contributed by atoms with van der Waals surface area (Å²) in [5, 5.41) is 3.19. The number of anilines is 1. The number of halogens is 2. The maximum Gasteiger partial charge on any atom is 0.244 e. The molecule has 10 heteroatoms. The Morgan fingerprint density at radius 3 is 2.24 bits per heavy atom. The molecule has 0 aromatic heterocycles. The molecule has 0 bridgehead atoms. The van der Waals surface area contributed by atoms with Crippen molar-refractivity contribution >= 4 is 39.1 Å². The molecule has 0 aliphatic heterocycles. The van der Waals surface area contributed by atoms with Crippen molar-refractivity contribution in [2.75, 3.05) is 23.7 Å². The van der Waals surface area contributed by atoms with E-state index < -0.39 is 34.3 Å². The topological polar surface area (TPSA) is 86.8 Å². The Bertz CT molecular complexity index is 1090. The van der Waals surface area contributed by atoms with E-state index in [0.717, 1.165) is 12.3 Å². The van der Waals surface area contributed by atoms with Crippen LogP contribution in [0.25, 0.3) is 0 Å². The van der Waals surface area contributed by atoms with Gasteiger partial charge in [0.05, 0.1) is 11.9 Å². The van der Waals surface area contributed by atoms with Crippen LogP contribution in [-0.2, 0) is 26.2 Å². The maximum atomic E-state index is 14.4. The van der Waals surface area contributed by atoms with Crippen molar-refractivity contribution in [1.82, 2.24) is 10.2 Å². The standard InChI is InChI=1S/C23H29ClFN3O4S/c1-16(2)13-26-23(30)17(3)27(14-18-9-5-6-10-19(18)24)22(29)15-28(33(4,31)32)21-12-8-7-11-20(21)25/h5-12,16-17H,13-15H2,1-4H3,(H,26,30). The molecule has 1 unspecified atom stereocenters. The molecule has 2 rings (SSSR count). The number of para-hydroxylation sites is 1. The van der Waals surface area contributed by atoms with Gasteiger partial charge in [-0.05, 0) is 36.6 Å². The molecular weight excluding hydrogens is 469 g/mol. The van der Waals surface area contributed by atoms with Crippen LogP contribution in [0.2, 0.25) is 5.02 Å². The molecule has 7 nitrogen and oxygen atoms in total. The minimum Gasteiger partial charge on any atom is -0.354 e. The third kappa shape index (κ3) is 7.43. The third-order valence-electron chi connectivity index (χ3n) is 4.95. The molecule has 33 heavy (non-hydrogen) atoms. The van der Waals surface area contributed by atoms with Crippen molar-refractivity contribution in [3.63, 3.8) is 0 Å². The Morgan fingerprint density at radius 1 is 1.06 bits per heavy atom. The van der Waals surface area contributed by atoms with Crippen LogP contribution >= 0.6 is 11.6 Å². The second-order valence-electron chi connectivity index (χ2n) is 8.15. The molecule has 0 heterocycles. The molecule has 2 aromatic carbocycles. The van der Waals surface area contributed by atoms with Crippen LogP contribution < -0.4 is 9.62 Å². The number of carbonyl (C=O) groups excluding carboxylic acids is 2. The fourth-order valence-electron chi connectivity index (χ4n) is 3.09. The number of nitrogens with one attached hydrogen (secondary N) is 1. The molecule has 180 valence electrons. The normalized spacial score (nSPS) is 12.3. The third-order valence-corrected chi connectivity index (χ3v) is 6.45. The number of amides is 2. The number of hydrogen-bond donors (Lipinski definition) is 1. The largest absolute Gasteiger partial charge is 0.354 e. The highest BCUT2D eigenvalue weighted by molar-refractivity contribution is 7.92. The number of carbonyl (C=O) groups is 2. The molecule has 1 atom stereocenters. The van der Waals surface area contributed by atoms with E-state index in [0.29, 0.717) is 21.4 Å². The van der Waals surface area contributed by atoms with Gasteiger partial charge in [-0.2, -0.15) is 0 Å². The van der Waals surface area contributed by atoms with E-state index in [-0.39, 0.29) is 24.1 Å². The fourth-order valence-corrected chi connectivity index (χ4v) is 4.14. The SMILES string of the molecule is CC(C)CNC(=O)C(C)N(Cc1ccccc1Cl)C(=O)CN(c1ccccc1F)S(C)(=O)=O. The van der Waals surface area contributed by atoms with Crippen LogP contribution in [0.3, 0.4) is 0 Å². The molecule has 2 amide bonds. The van der Waals surface area contributed by atoms with Gasteiger partial charge in [0, 0.05) is 18.1 Å². The number of rotatable bonds is 10. The average molecular weight is 498 g/mol. The van der Waals surface area contributed by atoms with Crippen molar-refractivity contribution in [3.05, 3.63) is 64.9 Å². The van der Waals surface area contributed by atoms with Crippen LogP contribution in [0.5, 0.6) is 0 Å². The summed E-state index contributed by atoms with van der Waals surface area (Å²) in [6, 6.07) is 11.2. The number of hydrogen-bond acceptors (Lipinski definition) is 4. The smallest absolute Gasteiger partial charge is 0.244 e. The first kappa shape index (κ1) is 26.6. The number of benzene rings is 2. The molecule has 1 N–H and O–H groups in total. The van der Waals surface area contributed by atoms with Gasteiger partial charge >= 0.3 is 0 Å². The second kappa shape index (κ2) is 11.5. The summed E-state index contributed by atoms with van der Waals surface area (Å²) in [5.74, 6) is -1.64. The summed E-state index contributed by atoms with van der Waals surface area (Å²) >= 11 is 6.26. The van der Waals surface area contributed by atoms with Crippen molar-refractivity contribution in [1.29, 1.82) is 0 Å². The Kier molecular flexibility index (Phi) is 9.25. The first-order valence-electron chi connectivity index (χ1n) is 10.4. The molecule has 0 saturated heterocycles. The summed E-state index contributed by atoms with van der Waals surface area (Å²) in [4.78, 5) is 27.4. The lowest BCUT2D eigenvalue weighted by atomic mass is 10.1. The van der Waals surface area contributed by atoms with E-state index in [9.17, 15) is 22.4 Å². The van der Waals surface area contributed by atoms with Crippen LogP contribution in [0.4, 0.5) is 10.1 Å². The summed E-state index contributed by atoms with van der Waals surface area (Å²) in [7, 11) is -4.00. The Balaban J connectivity index is 2.39. The first-order valence-corrected chi connectivity index (χ1v) is 12.7. The lowest BCUT2D eigenvalue weighted by molar-refractivity contribution is -0.139. The van der Waals surface area contributed by atoms with E-state index in [2.05, 4.69) is 5.32 Å². The van der Waals surface area contributed by atoms with Crippen LogP contribution in [0.15, 0.2) is 48.5 Å². The van der Waals surface area contributed by atoms with Gasteiger partial charge in [0.15, 0.2) is 0 Å². The number of sulfonamides is 1. The van der Waals surface area contributed by atoms with Gasteiger partial charge < -0.3 is 10.2 Å². The van der Waals surface area contributed by atoms with Crippen molar-refractivity contribution in [3.8, 4) is 0 Å². The van der Waals surface area contributed by atoms with Crippen molar-refractivity contribution < 1.29 is 22.4 Å². The molecule has 0 aliphatic rings. The first-order chi connectivity index (χ1) is 15.4. The predicted molar refractivity (Wildman–Crippen MR) is 128 cm³/mol. The minimum absolute atomic E-state index is 0.0242. The van der Waals surface area contributed by atoms with E-state index in [1.807, 2.05) is 13.8 Å². The van der Waals surface area contributed by atoms with Gasteiger partial charge in [-0.1, -0.05) is 55.8 Å². The van der Waals surface area contributed by atoms with Crippen LogP contribution in [0, 0.1) is 11.7 Å². The van der Waals surface area contributed by atoms with Gasteiger partial charge in [0.1, 0.15) is 18.4 Å². The van der Waals surface area contributed by atoms with Crippen molar-refractivity contribution in [2.45, 2.75) is 33.4 Å². The van der Waals surface area contributed by atoms with Crippen LogP contribution in [0.1, 0.15) is 26.3 Å². The Morgan fingerprint density at radius 2 is 1.67 bits per heavy atom. The van der Waals surface area contributed by atoms with Crippen LogP contribution in [-0.4, -0.2) is 50.5 Å². The van der Waals surface area contributed by atoms with E-state index in [1.165, 1.54) is 23.1 Å². The van der Waals surface area contributed by atoms with Crippen molar-refractivity contribution in [2.24, 2.45) is 5.92 Å². The highest BCUT2D eigenvalue weighted by Crippen LogP contribution is 2.23. The lowest BCUT2D eigenvalue weighted by Crippen LogP contribution is -2.51. The molecule has 0 fully saturated rings. The zero-order valence-electron chi connectivity index (χ0n) is 19.1. The zero-order chi connectivity index (χ0) is 24.8. The highest BCUT2D eigenvalue weighted by atomic mass is 35.5. The summed E-state index contributed by atoms with van der Waals surface area (Å²) in [6.07, 6.45) is 0.893. The predicted octanol–water partition coefficient (Wildman–Crippen LogP) is 3.43. The summed E-state index contributed by atoms with van der Waals surface area (Å²) < 4.78 is 39.9. The Hall–Kier alpha value is -2.65. The van der Waals surface area contributed by atoms with E-state index in [4.69, 9.17) is 11.6 Å². The van der Waals surface area contributed by atoms with Gasteiger partial charge in [-0.3, -0.25) is 13.9 Å². The maximum absolute atomic E-state index is 14.4. The molecule has 0 spiro atoms. The molecule has 0 radical (unpaired) electrons. The van der Waals surface area contributed by atoms with Gasteiger partial charge in [0.2, 0.25) is 21.8 Å². The van der Waals surface area contributed by atoms with E-state index >= 15 is 0 Å². The fraction of sp³-hybridized carbons (Fsp3) is 0.391. The Labute approximate surface area is 199 Å². The second-order valence-corrected chi connectivity index (χ2v) is 10.5. The quantitative estimate of drug-likeness (QED) is 0.544. The lowest BCUT2D eigenvalue weighted by Gasteiger charge is -2.31. The zero-order valence-corrected chi connectivity index (χ0v) is 20.7. The monoisotopic (exact) mass is 497 g/mol. The molecule has 0 saturated carbocycles. The average Bonchev–Trinajstić information content (AvgIpc) is 2.74. The molecular formula is C23H29ClFN3O4S.